The molecule has 9 N–H and O–H groups in total. The number of benzene rings is 1. The van der Waals surface area contributed by atoms with Gasteiger partial charge in [0.25, 0.3) is 0 Å². The fourth-order valence-corrected chi connectivity index (χ4v) is 2.45. The van der Waals surface area contributed by atoms with Crippen LogP contribution in [0.15, 0.2) is 24.3 Å². The number of amides is 2. The SMILES string of the molecule is NCCCCC(N)C(=O)NC(CO)C(=O)NC(Cc1ccc(O)cc1)C(=O)O. The Bertz CT molecular complexity index is 652. The lowest BCUT2D eigenvalue weighted by atomic mass is 10.1. The Morgan fingerprint density at radius 1 is 1.00 bits per heavy atom. The predicted octanol–water partition coefficient (Wildman–Crippen LogP) is -1.56. The summed E-state index contributed by atoms with van der Waals surface area (Å²) in [5.41, 5.74) is 11.7. The number of phenolic OH excluding ortho intramolecular Hbond substituents is 1. The molecule has 0 aromatic heterocycles. The summed E-state index contributed by atoms with van der Waals surface area (Å²) in [5.74, 6) is -2.69. The molecule has 0 heterocycles. The van der Waals surface area contributed by atoms with E-state index in [-0.39, 0.29) is 12.2 Å². The van der Waals surface area contributed by atoms with Gasteiger partial charge in [0.15, 0.2) is 0 Å². The van der Waals surface area contributed by atoms with E-state index in [4.69, 9.17) is 11.5 Å². The molecule has 0 saturated carbocycles. The van der Waals surface area contributed by atoms with Crippen LogP contribution in [0.5, 0.6) is 5.75 Å². The number of hydrogen-bond acceptors (Lipinski definition) is 7. The molecule has 3 unspecified atom stereocenters. The summed E-state index contributed by atoms with van der Waals surface area (Å²) in [4.78, 5) is 35.8. The van der Waals surface area contributed by atoms with Crippen molar-refractivity contribution in [2.45, 2.75) is 43.8 Å². The first-order chi connectivity index (χ1) is 13.3. The Morgan fingerprint density at radius 3 is 2.14 bits per heavy atom. The highest BCUT2D eigenvalue weighted by atomic mass is 16.4. The number of hydrogen-bond donors (Lipinski definition) is 7. The van der Waals surface area contributed by atoms with Crippen LogP contribution in [-0.4, -0.2) is 64.4 Å². The molecular formula is C18H28N4O6. The van der Waals surface area contributed by atoms with Crippen LogP contribution in [0.4, 0.5) is 0 Å². The van der Waals surface area contributed by atoms with E-state index < -0.39 is 42.5 Å². The molecular weight excluding hydrogens is 368 g/mol. The Balaban J connectivity index is 2.66. The zero-order valence-electron chi connectivity index (χ0n) is 15.5. The Kier molecular flexibility index (Phi) is 9.93. The normalized spacial score (nSPS) is 14.0. The molecule has 3 atom stereocenters. The minimum absolute atomic E-state index is 0.0329. The first-order valence-corrected chi connectivity index (χ1v) is 8.96. The molecule has 28 heavy (non-hydrogen) atoms. The highest BCUT2D eigenvalue weighted by Crippen LogP contribution is 2.11. The summed E-state index contributed by atoms with van der Waals surface area (Å²) in [6.45, 7) is -0.230. The number of aromatic hydroxyl groups is 1. The molecule has 10 heteroatoms. The van der Waals surface area contributed by atoms with Crippen molar-refractivity contribution in [1.29, 1.82) is 0 Å². The van der Waals surface area contributed by atoms with Crippen molar-refractivity contribution in [3.8, 4) is 5.75 Å². The molecule has 0 aliphatic carbocycles. The lowest BCUT2D eigenvalue weighted by molar-refractivity contribution is -0.142. The van der Waals surface area contributed by atoms with Gasteiger partial charge < -0.3 is 37.4 Å². The van der Waals surface area contributed by atoms with Gasteiger partial charge in [0, 0.05) is 6.42 Å². The Labute approximate surface area is 162 Å². The minimum atomic E-state index is -1.32. The number of carboxylic acids is 1. The van der Waals surface area contributed by atoms with Crippen LogP contribution in [0, 0.1) is 0 Å². The van der Waals surface area contributed by atoms with Gasteiger partial charge in [-0.15, -0.1) is 0 Å². The number of carbonyl (C=O) groups excluding carboxylic acids is 2. The van der Waals surface area contributed by atoms with Crippen molar-refractivity contribution in [2.75, 3.05) is 13.2 Å². The first-order valence-electron chi connectivity index (χ1n) is 8.96. The van der Waals surface area contributed by atoms with Gasteiger partial charge in [-0.3, -0.25) is 9.59 Å². The number of carbonyl (C=O) groups is 3. The molecule has 1 aromatic carbocycles. The molecule has 2 amide bonds. The lowest BCUT2D eigenvalue weighted by Gasteiger charge is -2.21. The quantitative estimate of drug-likeness (QED) is 0.206. The number of rotatable bonds is 12. The third-order valence-corrected chi connectivity index (χ3v) is 4.11. The molecule has 0 fully saturated rings. The average molecular weight is 396 g/mol. The fourth-order valence-electron chi connectivity index (χ4n) is 2.45. The van der Waals surface area contributed by atoms with Crippen molar-refractivity contribution in [3.63, 3.8) is 0 Å². The van der Waals surface area contributed by atoms with Crippen molar-refractivity contribution < 1.29 is 29.7 Å². The van der Waals surface area contributed by atoms with Crippen LogP contribution in [0.1, 0.15) is 24.8 Å². The summed E-state index contributed by atoms with van der Waals surface area (Å²) in [6, 6.07) is 2.40. The molecule has 1 aromatic rings. The van der Waals surface area contributed by atoms with E-state index in [1.165, 1.54) is 24.3 Å². The number of nitrogens with one attached hydrogen (secondary N) is 2. The minimum Gasteiger partial charge on any atom is -0.508 e. The van der Waals surface area contributed by atoms with Crippen LogP contribution in [0.25, 0.3) is 0 Å². The number of carboxylic acid groups (broad SMARTS) is 1. The molecule has 0 radical (unpaired) electrons. The highest BCUT2D eigenvalue weighted by molar-refractivity contribution is 5.91. The summed E-state index contributed by atoms with van der Waals surface area (Å²) in [5, 5.41) is 32.6. The smallest absolute Gasteiger partial charge is 0.326 e. The second kappa shape index (κ2) is 11.9. The maximum absolute atomic E-state index is 12.3. The average Bonchev–Trinajstić information content (AvgIpc) is 2.66. The number of aliphatic hydroxyl groups is 1. The largest absolute Gasteiger partial charge is 0.508 e. The second-order valence-electron chi connectivity index (χ2n) is 6.40. The highest BCUT2D eigenvalue weighted by Gasteiger charge is 2.27. The van der Waals surface area contributed by atoms with Gasteiger partial charge in [-0.25, -0.2) is 4.79 Å². The summed E-state index contributed by atoms with van der Waals surface area (Å²) >= 11 is 0. The van der Waals surface area contributed by atoms with Crippen molar-refractivity contribution in [1.82, 2.24) is 10.6 Å². The van der Waals surface area contributed by atoms with Crippen LogP contribution in [0.2, 0.25) is 0 Å². The monoisotopic (exact) mass is 396 g/mol. The molecule has 10 nitrogen and oxygen atoms in total. The van der Waals surface area contributed by atoms with Crippen molar-refractivity contribution >= 4 is 17.8 Å². The van der Waals surface area contributed by atoms with Gasteiger partial charge in [-0.2, -0.15) is 0 Å². The first kappa shape index (κ1) is 23.3. The summed E-state index contributed by atoms with van der Waals surface area (Å²) < 4.78 is 0. The van der Waals surface area contributed by atoms with Gasteiger partial charge in [0.1, 0.15) is 17.8 Å². The topological polar surface area (TPSA) is 188 Å². The van der Waals surface area contributed by atoms with Gasteiger partial charge in [0.2, 0.25) is 11.8 Å². The summed E-state index contributed by atoms with van der Waals surface area (Å²) in [6.07, 6.45) is 1.70. The third kappa shape index (κ3) is 7.91. The molecule has 1 rings (SSSR count). The van der Waals surface area contributed by atoms with Crippen LogP contribution in [-0.2, 0) is 20.8 Å². The van der Waals surface area contributed by atoms with E-state index in [9.17, 15) is 29.7 Å². The molecule has 0 aliphatic rings. The molecule has 0 spiro atoms. The van der Waals surface area contributed by atoms with E-state index in [0.29, 0.717) is 31.4 Å². The number of unbranched alkanes of at least 4 members (excludes halogenated alkanes) is 1. The van der Waals surface area contributed by atoms with E-state index in [1.54, 1.807) is 0 Å². The zero-order valence-corrected chi connectivity index (χ0v) is 15.5. The van der Waals surface area contributed by atoms with E-state index >= 15 is 0 Å². The van der Waals surface area contributed by atoms with Gasteiger partial charge in [0.05, 0.1) is 12.6 Å². The Morgan fingerprint density at radius 2 is 1.61 bits per heavy atom. The number of phenols is 1. The standard InChI is InChI=1S/C18H28N4O6/c19-8-2-1-3-13(20)16(25)22-15(10-23)17(26)21-14(18(27)28)9-11-4-6-12(24)7-5-11/h4-7,13-15,23-24H,1-3,8-10,19-20H2,(H,21,26)(H,22,25)(H,27,28). The van der Waals surface area contributed by atoms with Gasteiger partial charge >= 0.3 is 5.97 Å². The number of aliphatic carboxylic acids is 1. The van der Waals surface area contributed by atoms with E-state index in [1.807, 2.05) is 0 Å². The summed E-state index contributed by atoms with van der Waals surface area (Å²) in [7, 11) is 0. The zero-order chi connectivity index (χ0) is 21.1. The Hall–Kier alpha value is -2.69. The van der Waals surface area contributed by atoms with Crippen LogP contribution in [0.3, 0.4) is 0 Å². The molecule has 0 bridgehead atoms. The fraction of sp³-hybridized carbons (Fsp3) is 0.500. The maximum Gasteiger partial charge on any atom is 0.326 e. The van der Waals surface area contributed by atoms with Crippen molar-refractivity contribution in [2.24, 2.45) is 11.5 Å². The number of nitrogens with two attached hydrogens (primary N) is 2. The van der Waals surface area contributed by atoms with Crippen molar-refractivity contribution in [3.05, 3.63) is 29.8 Å². The van der Waals surface area contributed by atoms with E-state index in [2.05, 4.69) is 10.6 Å². The number of aliphatic hydroxyl groups excluding tert-OH is 1. The third-order valence-electron chi connectivity index (χ3n) is 4.11. The lowest BCUT2D eigenvalue weighted by Crippen LogP contribution is -2.56. The van der Waals surface area contributed by atoms with Crippen LogP contribution >= 0.6 is 0 Å². The molecule has 0 saturated heterocycles. The van der Waals surface area contributed by atoms with Gasteiger partial charge in [-0.05, 0) is 37.1 Å². The van der Waals surface area contributed by atoms with E-state index in [0.717, 1.165) is 0 Å². The van der Waals surface area contributed by atoms with Crippen LogP contribution < -0.4 is 22.1 Å². The van der Waals surface area contributed by atoms with Gasteiger partial charge in [-0.1, -0.05) is 18.6 Å². The molecule has 0 aliphatic heterocycles. The maximum atomic E-state index is 12.3. The molecule has 156 valence electrons. The predicted molar refractivity (Wildman–Crippen MR) is 101 cm³/mol. The second-order valence-corrected chi connectivity index (χ2v) is 6.40.